The van der Waals surface area contributed by atoms with Crippen molar-refractivity contribution < 1.29 is 9.66 Å². The van der Waals surface area contributed by atoms with Crippen LogP contribution >= 0.6 is 0 Å². The lowest BCUT2D eigenvalue weighted by Crippen LogP contribution is -2.27. The highest BCUT2D eigenvalue weighted by Gasteiger charge is 2.15. The van der Waals surface area contributed by atoms with Crippen molar-refractivity contribution in [2.24, 2.45) is 0 Å². The summed E-state index contributed by atoms with van der Waals surface area (Å²) in [6.45, 7) is 7.56. The SMILES string of the molecule is CCOCCN(CC)Cc1cccc([N+](=O)[O-])c1N. The number of nitro benzene ring substituents is 1. The molecule has 6 heteroatoms. The average molecular weight is 267 g/mol. The zero-order valence-electron chi connectivity index (χ0n) is 11.5. The molecule has 1 aromatic rings. The Morgan fingerprint density at radius 1 is 1.42 bits per heavy atom. The quantitative estimate of drug-likeness (QED) is 0.337. The second kappa shape index (κ2) is 7.70. The molecule has 0 spiro atoms. The Bertz CT molecular complexity index is 424. The molecule has 6 nitrogen and oxygen atoms in total. The zero-order valence-corrected chi connectivity index (χ0v) is 11.5. The van der Waals surface area contributed by atoms with E-state index in [4.69, 9.17) is 10.5 Å². The van der Waals surface area contributed by atoms with Gasteiger partial charge in [-0.2, -0.15) is 0 Å². The van der Waals surface area contributed by atoms with Gasteiger partial charge in [-0.25, -0.2) is 0 Å². The van der Waals surface area contributed by atoms with Crippen molar-refractivity contribution in [1.29, 1.82) is 0 Å². The van der Waals surface area contributed by atoms with Gasteiger partial charge in [0.15, 0.2) is 0 Å². The Kier molecular flexibility index (Phi) is 6.24. The van der Waals surface area contributed by atoms with Crippen LogP contribution in [0.2, 0.25) is 0 Å². The van der Waals surface area contributed by atoms with E-state index in [1.165, 1.54) is 6.07 Å². The summed E-state index contributed by atoms with van der Waals surface area (Å²) in [6.07, 6.45) is 0. The predicted molar refractivity (Wildman–Crippen MR) is 75.0 cm³/mol. The van der Waals surface area contributed by atoms with Crippen LogP contribution in [0.3, 0.4) is 0 Å². The number of benzene rings is 1. The molecule has 0 aliphatic heterocycles. The van der Waals surface area contributed by atoms with Gasteiger partial charge in [0, 0.05) is 25.8 Å². The summed E-state index contributed by atoms with van der Waals surface area (Å²) in [4.78, 5) is 12.5. The maximum absolute atomic E-state index is 10.8. The van der Waals surface area contributed by atoms with Gasteiger partial charge < -0.3 is 10.5 Å². The maximum atomic E-state index is 10.8. The van der Waals surface area contributed by atoms with Crippen LogP contribution in [0.25, 0.3) is 0 Å². The molecule has 0 radical (unpaired) electrons. The van der Waals surface area contributed by atoms with E-state index >= 15 is 0 Å². The van der Waals surface area contributed by atoms with E-state index in [2.05, 4.69) is 4.90 Å². The molecule has 19 heavy (non-hydrogen) atoms. The van der Waals surface area contributed by atoms with Crippen molar-refractivity contribution in [3.63, 3.8) is 0 Å². The monoisotopic (exact) mass is 267 g/mol. The first-order valence-corrected chi connectivity index (χ1v) is 6.42. The molecule has 0 saturated heterocycles. The summed E-state index contributed by atoms with van der Waals surface area (Å²) in [5.74, 6) is 0. The number of anilines is 1. The van der Waals surface area contributed by atoms with E-state index in [9.17, 15) is 10.1 Å². The summed E-state index contributed by atoms with van der Waals surface area (Å²) in [5.41, 5.74) is 6.85. The van der Waals surface area contributed by atoms with Crippen LogP contribution in [0.4, 0.5) is 11.4 Å². The van der Waals surface area contributed by atoms with Crippen molar-refractivity contribution in [1.82, 2.24) is 4.90 Å². The van der Waals surface area contributed by atoms with Crippen LogP contribution in [0, 0.1) is 10.1 Å². The fraction of sp³-hybridized carbons (Fsp3) is 0.538. The van der Waals surface area contributed by atoms with Gasteiger partial charge in [-0.05, 0) is 19.0 Å². The second-order valence-electron chi connectivity index (χ2n) is 4.17. The number of hydrogen-bond donors (Lipinski definition) is 1. The number of para-hydroxylation sites is 1. The smallest absolute Gasteiger partial charge is 0.292 e. The van der Waals surface area contributed by atoms with E-state index in [1.807, 2.05) is 19.9 Å². The lowest BCUT2D eigenvalue weighted by molar-refractivity contribution is -0.384. The van der Waals surface area contributed by atoms with Gasteiger partial charge >= 0.3 is 0 Å². The van der Waals surface area contributed by atoms with Crippen molar-refractivity contribution in [2.45, 2.75) is 20.4 Å². The molecular formula is C13H21N3O3. The number of nitrogen functional groups attached to an aromatic ring is 1. The van der Waals surface area contributed by atoms with Crippen LogP contribution in [0.15, 0.2) is 18.2 Å². The third kappa shape index (κ3) is 4.50. The lowest BCUT2D eigenvalue weighted by atomic mass is 10.1. The number of hydrogen-bond acceptors (Lipinski definition) is 5. The third-order valence-corrected chi connectivity index (χ3v) is 2.97. The van der Waals surface area contributed by atoms with E-state index in [1.54, 1.807) is 6.07 Å². The Morgan fingerprint density at radius 2 is 2.16 bits per heavy atom. The Morgan fingerprint density at radius 3 is 2.74 bits per heavy atom. The fourth-order valence-electron chi connectivity index (χ4n) is 1.82. The first-order valence-electron chi connectivity index (χ1n) is 6.42. The predicted octanol–water partition coefficient (Wildman–Crippen LogP) is 2.04. The highest BCUT2D eigenvalue weighted by Crippen LogP contribution is 2.25. The molecule has 0 heterocycles. The largest absolute Gasteiger partial charge is 0.393 e. The van der Waals surface area contributed by atoms with Crippen LogP contribution in [-0.4, -0.2) is 36.1 Å². The van der Waals surface area contributed by atoms with Crippen molar-refractivity contribution in [3.05, 3.63) is 33.9 Å². The molecule has 0 aliphatic rings. The zero-order chi connectivity index (χ0) is 14.3. The molecule has 0 unspecified atom stereocenters. The molecule has 0 aromatic heterocycles. The molecule has 0 aliphatic carbocycles. The normalized spacial score (nSPS) is 10.9. The van der Waals surface area contributed by atoms with Crippen molar-refractivity contribution in [2.75, 3.05) is 32.0 Å². The van der Waals surface area contributed by atoms with Gasteiger partial charge in [-0.3, -0.25) is 15.0 Å². The maximum Gasteiger partial charge on any atom is 0.292 e. The molecule has 1 rings (SSSR count). The summed E-state index contributed by atoms with van der Waals surface area (Å²) in [7, 11) is 0. The first-order chi connectivity index (χ1) is 9.10. The van der Waals surface area contributed by atoms with Gasteiger partial charge in [0.1, 0.15) is 5.69 Å². The standard InChI is InChI=1S/C13H21N3O3/c1-3-15(8-9-19-4-2)10-11-6-5-7-12(13(11)14)16(17)18/h5-7H,3-4,8-10,14H2,1-2H3. The van der Waals surface area contributed by atoms with Crippen LogP contribution in [0.5, 0.6) is 0 Å². The third-order valence-electron chi connectivity index (χ3n) is 2.97. The van der Waals surface area contributed by atoms with Gasteiger partial charge in [-0.15, -0.1) is 0 Å². The first kappa shape index (κ1) is 15.4. The molecule has 2 N–H and O–H groups in total. The highest BCUT2D eigenvalue weighted by molar-refractivity contribution is 5.62. The van der Waals surface area contributed by atoms with Crippen LogP contribution in [0.1, 0.15) is 19.4 Å². The fourth-order valence-corrected chi connectivity index (χ4v) is 1.82. The molecule has 0 atom stereocenters. The molecular weight excluding hydrogens is 246 g/mol. The lowest BCUT2D eigenvalue weighted by Gasteiger charge is -2.21. The van der Waals surface area contributed by atoms with E-state index < -0.39 is 4.92 Å². The van der Waals surface area contributed by atoms with E-state index in [-0.39, 0.29) is 11.4 Å². The number of ether oxygens (including phenoxy) is 1. The molecule has 0 amide bonds. The summed E-state index contributed by atoms with van der Waals surface area (Å²) in [5, 5.41) is 10.8. The van der Waals surface area contributed by atoms with Crippen molar-refractivity contribution in [3.8, 4) is 0 Å². The van der Waals surface area contributed by atoms with Crippen LogP contribution in [-0.2, 0) is 11.3 Å². The van der Waals surface area contributed by atoms with E-state index in [0.29, 0.717) is 19.8 Å². The highest BCUT2D eigenvalue weighted by atomic mass is 16.6. The van der Waals surface area contributed by atoms with Gasteiger partial charge in [0.25, 0.3) is 5.69 Å². The number of nitrogens with zero attached hydrogens (tertiary/aromatic N) is 2. The molecule has 1 aromatic carbocycles. The Balaban J connectivity index is 2.74. The van der Waals surface area contributed by atoms with Gasteiger partial charge in [0.05, 0.1) is 11.5 Å². The van der Waals surface area contributed by atoms with E-state index in [0.717, 1.165) is 18.7 Å². The summed E-state index contributed by atoms with van der Waals surface area (Å²) >= 11 is 0. The average Bonchev–Trinajstić information content (AvgIpc) is 2.39. The van der Waals surface area contributed by atoms with Crippen molar-refractivity contribution >= 4 is 11.4 Å². The Hall–Kier alpha value is -1.66. The molecule has 0 bridgehead atoms. The number of rotatable bonds is 8. The van der Waals surface area contributed by atoms with Crippen LogP contribution < -0.4 is 5.73 Å². The summed E-state index contributed by atoms with van der Waals surface area (Å²) in [6, 6.07) is 4.92. The minimum absolute atomic E-state index is 0.0293. The second-order valence-corrected chi connectivity index (χ2v) is 4.17. The minimum Gasteiger partial charge on any atom is -0.393 e. The number of likely N-dealkylation sites (N-methyl/N-ethyl adjacent to an activating group) is 1. The van der Waals surface area contributed by atoms with Gasteiger partial charge in [-0.1, -0.05) is 19.1 Å². The minimum atomic E-state index is -0.449. The summed E-state index contributed by atoms with van der Waals surface area (Å²) < 4.78 is 5.31. The molecule has 106 valence electrons. The molecule has 0 saturated carbocycles. The Labute approximate surface area is 113 Å². The number of nitrogens with two attached hydrogens (primary N) is 1. The topological polar surface area (TPSA) is 81.6 Å². The molecule has 0 fully saturated rings. The van der Waals surface area contributed by atoms with Gasteiger partial charge in [0.2, 0.25) is 0 Å². The number of nitro groups is 1.